The summed E-state index contributed by atoms with van der Waals surface area (Å²) in [4.78, 5) is 3.71. The van der Waals surface area contributed by atoms with Crippen molar-refractivity contribution in [2.24, 2.45) is 0 Å². The fraction of sp³-hybridized carbons (Fsp3) is 0.200. The molecule has 0 fully saturated rings. The maximum atomic E-state index is 13.0. The number of nitrogens with zero attached hydrogens (tertiary/aromatic N) is 3. The molecule has 0 aliphatic carbocycles. The quantitative estimate of drug-likeness (QED) is 0.819. The minimum Gasteiger partial charge on any atom is -0.385 e. The molecule has 0 aromatic carbocycles. The molecule has 0 aliphatic rings. The molecule has 2 aromatic heterocycles. The van der Waals surface area contributed by atoms with Gasteiger partial charge in [-0.05, 0) is 6.92 Å². The van der Waals surface area contributed by atoms with Gasteiger partial charge in [0.1, 0.15) is 5.82 Å². The summed E-state index contributed by atoms with van der Waals surface area (Å²) >= 11 is 0. The summed E-state index contributed by atoms with van der Waals surface area (Å²) in [6.07, 6.45) is 4.01. The molecule has 1 N–H and O–H groups in total. The van der Waals surface area contributed by atoms with Gasteiger partial charge in [-0.2, -0.15) is 5.10 Å². The molecule has 0 spiro atoms. The van der Waals surface area contributed by atoms with Crippen LogP contribution in [0.25, 0.3) is 5.69 Å². The molecule has 5 heteroatoms. The number of pyridine rings is 1. The zero-order valence-electron chi connectivity index (χ0n) is 11.0. The summed E-state index contributed by atoms with van der Waals surface area (Å²) in [5, 5.41) is 6.46. The highest BCUT2D eigenvalue weighted by Gasteiger charge is 2.05. The van der Waals surface area contributed by atoms with Crippen LogP contribution in [0.15, 0.2) is 24.7 Å². The Hall–Kier alpha value is -1.91. The Bertz CT molecular complexity index is 564. The second kappa shape index (κ2) is 3.68. The van der Waals surface area contributed by atoms with E-state index in [1.165, 1.54) is 23.1 Å². The molecule has 0 amide bonds. The van der Waals surface area contributed by atoms with Gasteiger partial charge in [0.05, 0.1) is 35.7 Å². The molecule has 0 aliphatic heterocycles. The van der Waals surface area contributed by atoms with Crippen LogP contribution >= 0.6 is 0 Å². The summed E-state index contributed by atoms with van der Waals surface area (Å²) in [6, 6.07) is 1.26. The number of hydrogen-bond acceptors (Lipinski definition) is 3. The molecular formula is C10H11FN4. The summed E-state index contributed by atoms with van der Waals surface area (Å²) in [5.41, 5.74) is 1.31. The Morgan fingerprint density at radius 1 is 1.53 bits per heavy atom. The lowest BCUT2D eigenvalue weighted by atomic mass is 10.4. The predicted molar refractivity (Wildman–Crippen MR) is 55.6 cm³/mol. The summed E-state index contributed by atoms with van der Waals surface area (Å²) in [6.45, 7) is -0.629. The molecule has 2 rings (SSSR count). The number of nitrogens with one attached hydrogen (secondary N) is 1. The van der Waals surface area contributed by atoms with Crippen molar-refractivity contribution in [3.05, 3.63) is 36.2 Å². The Morgan fingerprint density at radius 2 is 2.40 bits per heavy atom. The summed E-state index contributed by atoms with van der Waals surface area (Å²) in [5.74, 6) is -0.481. The first-order valence-corrected chi connectivity index (χ1v) is 4.30. The van der Waals surface area contributed by atoms with Gasteiger partial charge in [-0.3, -0.25) is 4.98 Å². The third kappa shape index (κ3) is 1.81. The second-order valence-corrected chi connectivity index (χ2v) is 3.06. The minimum atomic E-state index is -2.29. The van der Waals surface area contributed by atoms with Gasteiger partial charge in [0.15, 0.2) is 0 Å². The number of rotatable bonds is 2. The van der Waals surface area contributed by atoms with Gasteiger partial charge in [0, 0.05) is 17.2 Å². The zero-order chi connectivity index (χ0) is 13.3. The highest BCUT2D eigenvalue weighted by Crippen LogP contribution is 2.15. The van der Waals surface area contributed by atoms with Crippen molar-refractivity contribution < 1.29 is 8.50 Å². The minimum absolute atomic E-state index is 0.374. The van der Waals surface area contributed by atoms with Gasteiger partial charge in [-0.15, -0.1) is 0 Å². The van der Waals surface area contributed by atoms with E-state index >= 15 is 0 Å². The molecule has 2 aromatic rings. The van der Waals surface area contributed by atoms with Crippen molar-refractivity contribution in [1.82, 2.24) is 14.8 Å². The van der Waals surface area contributed by atoms with Crippen molar-refractivity contribution in [2.75, 3.05) is 12.3 Å². The lowest BCUT2D eigenvalue weighted by molar-refractivity contribution is 0.618. The van der Waals surface area contributed by atoms with E-state index in [1.807, 2.05) is 0 Å². The van der Waals surface area contributed by atoms with Crippen LogP contribution in [0, 0.1) is 12.7 Å². The van der Waals surface area contributed by atoms with E-state index in [0.29, 0.717) is 17.1 Å². The largest absolute Gasteiger partial charge is 0.385 e. The molecule has 0 saturated carbocycles. The van der Waals surface area contributed by atoms with Gasteiger partial charge in [-0.25, -0.2) is 9.07 Å². The molecule has 78 valence electrons. The number of aromatic nitrogens is 3. The molecule has 0 radical (unpaired) electrons. The topological polar surface area (TPSA) is 42.7 Å². The van der Waals surface area contributed by atoms with Crippen LogP contribution in [-0.2, 0) is 0 Å². The van der Waals surface area contributed by atoms with Crippen molar-refractivity contribution >= 4 is 5.69 Å². The fourth-order valence-corrected chi connectivity index (χ4v) is 1.24. The highest BCUT2D eigenvalue weighted by atomic mass is 19.1. The average Bonchev–Trinajstić information content (AvgIpc) is 2.58. The third-order valence-electron chi connectivity index (χ3n) is 1.99. The van der Waals surface area contributed by atoms with Crippen molar-refractivity contribution in [3.8, 4) is 5.69 Å². The van der Waals surface area contributed by atoms with Crippen molar-refractivity contribution in [1.29, 1.82) is 0 Å². The third-order valence-corrected chi connectivity index (χ3v) is 1.99. The second-order valence-electron chi connectivity index (χ2n) is 3.06. The number of anilines is 1. The average molecular weight is 209 g/mol. The van der Waals surface area contributed by atoms with E-state index in [4.69, 9.17) is 4.11 Å². The number of aryl methyl sites for hydroxylation is 1. The molecule has 0 atom stereocenters. The van der Waals surface area contributed by atoms with Crippen molar-refractivity contribution in [2.45, 2.75) is 6.92 Å². The Balaban J connectivity index is 2.34. The Labute approximate surface area is 91.0 Å². The van der Waals surface area contributed by atoms with Gasteiger partial charge in [-0.1, -0.05) is 0 Å². The normalized spacial score (nSPS) is 14.1. The Kier molecular flexibility index (Phi) is 1.61. The SMILES string of the molecule is [2H]C([2H])([2H])Nc1cn(-c2cncc(F)c2)nc1C. The monoisotopic (exact) mass is 209 g/mol. The van der Waals surface area contributed by atoms with Gasteiger partial charge < -0.3 is 5.32 Å². The zero-order valence-corrected chi connectivity index (χ0v) is 8.03. The van der Waals surface area contributed by atoms with Crippen LogP contribution < -0.4 is 5.32 Å². The summed E-state index contributed by atoms with van der Waals surface area (Å²) < 4.78 is 35.8. The lowest BCUT2D eigenvalue weighted by Gasteiger charge is -1.99. The van der Waals surface area contributed by atoms with Crippen LogP contribution in [-0.4, -0.2) is 21.7 Å². The van der Waals surface area contributed by atoms with Crippen LogP contribution in [0.2, 0.25) is 0 Å². The maximum Gasteiger partial charge on any atom is 0.143 e. The van der Waals surface area contributed by atoms with Crippen molar-refractivity contribution in [3.63, 3.8) is 0 Å². The molecule has 0 bridgehead atoms. The van der Waals surface area contributed by atoms with Crippen LogP contribution in [0.4, 0.5) is 10.1 Å². The first kappa shape index (κ1) is 6.55. The van der Waals surface area contributed by atoms with E-state index in [1.54, 1.807) is 6.92 Å². The van der Waals surface area contributed by atoms with Crippen LogP contribution in [0.5, 0.6) is 0 Å². The predicted octanol–water partition coefficient (Wildman–Crippen LogP) is 1.76. The lowest BCUT2D eigenvalue weighted by Crippen LogP contribution is -1.96. The molecule has 15 heavy (non-hydrogen) atoms. The molecule has 2 heterocycles. The van der Waals surface area contributed by atoms with E-state index < -0.39 is 12.8 Å². The highest BCUT2D eigenvalue weighted by molar-refractivity contribution is 5.47. The molecular weight excluding hydrogens is 195 g/mol. The first-order chi connectivity index (χ1) is 8.35. The molecule has 0 unspecified atom stereocenters. The molecule has 0 saturated heterocycles. The van der Waals surface area contributed by atoms with E-state index in [2.05, 4.69) is 15.4 Å². The van der Waals surface area contributed by atoms with E-state index in [0.717, 1.165) is 6.20 Å². The van der Waals surface area contributed by atoms with Gasteiger partial charge in [0.25, 0.3) is 0 Å². The van der Waals surface area contributed by atoms with Gasteiger partial charge in [0.2, 0.25) is 0 Å². The number of halogens is 1. The van der Waals surface area contributed by atoms with Crippen LogP contribution in [0.1, 0.15) is 9.81 Å². The standard InChI is InChI=1S/C10H11FN4/c1-7-10(12-2)6-15(14-7)9-3-8(11)4-13-5-9/h3-6,12H,1-2H3/i2D3. The smallest absolute Gasteiger partial charge is 0.143 e. The maximum absolute atomic E-state index is 13.0. The molecule has 4 nitrogen and oxygen atoms in total. The number of hydrogen-bond donors (Lipinski definition) is 1. The van der Waals surface area contributed by atoms with E-state index in [-0.39, 0.29) is 0 Å². The fourth-order valence-electron chi connectivity index (χ4n) is 1.24. The van der Waals surface area contributed by atoms with Gasteiger partial charge >= 0.3 is 0 Å². The van der Waals surface area contributed by atoms with E-state index in [9.17, 15) is 4.39 Å². The van der Waals surface area contributed by atoms with Crippen LogP contribution in [0.3, 0.4) is 0 Å². The Morgan fingerprint density at radius 3 is 3.13 bits per heavy atom. The first-order valence-electron chi connectivity index (χ1n) is 5.80. The summed E-state index contributed by atoms with van der Waals surface area (Å²) in [7, 11) is 0.